The van der Waals surface area contributed by atoms with Gasteiger partial charge in [0.2, 0.25) is 10.0 Å². The van der Waals surface area contributed by atoms with E-state index >= 15 is 0 Å². The third-order valence-electron chi connectivity index (χ3n) is 5.98. The van der Waals surface area contributed by atoms with E-state index in [1.165, 1.54) is 34.6 Å². The molecule has 1 atom stereocenters. The van der Waals surface area contributed by atoms with Gasteiger partial charge in [0.05, 0.1) is 15.1 Å². The largest absolute Gasteiger partial charge is 0.319 e. The molecule has 1 amide bonds. The molecule has 3 aromatic rings. The van der Waals surface area contributed by atoms with Crippen LogP contribution in [-0.2, 0) is 17.1 Å². The highest BCUT2D eigenvalue weighted by Gasteiger charge is 2.28. The zero-order valence-corrected chi connectivity index (χ0v) is 19.9. The van der Waals surface area contributed by atoms with Gasteiger partial charge in [-0.25, -0.2) is 8.42 Å². The van der Waals surface area contributed by atoms with Crippen LogP contribution in [0.4, 0.5) is 0 Å². The van der Waals surface area contributed by atoms with E-state index in [-0.39, 0.29) is 10.8 Å². The molecule has 0 bridgehead atoms. The molecule has 1 aliphatic rings. The normalized spacial score (nSPS) is 18.6. The van der Waals surface area contributed by atoms with Gasteiger partial charge in [-0.05, 0) is 80.1 Å². The molecule has 0 N–H and O–H groups in total. The Morgan fingerprint density at radius 2 is 1.81 bits per heavy atom. The summed E-state index contributed by atoms with van der Waals surface area (Å²) in [7, 11) is -1.64. The van der Waals surface area contributed by atoms with Gasteiger partial charge in [0.1, 0.15) is 0 Å². The van der Waals surface area contributed by atoms with Crippen LogP contribution in [0.15, 0.2) is 46.3 Å². The van der Waals surface area contributed by atoms with Crippen molar-refractivity contribution in [2.45, 2.75) is 38.5 Å². The molecule has 0 spiro atoms. The number of hydrogen-bond acceptors (Lipinski definition) is 4. The molecular weight excluding hydrogens is 430 g/mol. The molecule has 1 saturated heterocycles. The van der Waals surface area contributed by atoms with Crippen molar-refractivity contribution in [1.82, 2.24) is 8.87 Å². The van der Waals surface area contributed by atoms with Crippen molar-refractivity contribution in [3.8, 4) is 0 Å². The SMILES string of the molecule is Cc1cc2sc(=NC(=O)c3ccc(S(=O)(=O)N4CCCC(C)C4)cc3)n(C)c2cc1C. The summed E-state index contributed by atoms with van der Waals surface area (Å²) in [5.41, 5.74) is 3.80. The highest BCUT2D eigenvalue weighted by atomic mass is 32.2. The first-order valence-corrected chi connectivity index (χ1v) is 12.7. The Morgan fingerprint density at radius 1 is 1.13 bits per heavy atom. The second-order valence-electron chi connectivity index (χ2n) is 8.40. The second-order valence-corrected chi connectivity index (χ2v) is 11.3. The van der Waals surface area contributed by atoms with Crippen molar-refractivity contribution in [2.24, 2.45) is 18.0 Å². The first-order chi connectivity index (χ1) is 14.7. The summed E-state index contributed by atoms with van der Waals surface area (Å²) in [4.78, 5) is 17.9. The molecule has 0 aliphatic carbocycles. The van der Waals surface area contributed by atoms with Gasteiger partial charge in [-0.15, -0.1) is 0 Å². The quantitative estimate of drug-likeness (QED) is 0.596. The van der Waals surface area contributed by atoms with Crippen LogP contribution >= 0.6 is 11.3 Å². The molecule has 1 unspecified atom stereocenters. The van der Waals surface area contributed by atoms with Gasteiger partial charge in [0, 0.05) is 25.7 Å². The average molecular weight is 458 g/mol. The van der Waals surface area contributed by atoms with Crippen molar-refractivity contribution in [1.29, 1.82) is 0 Å². The summed E-state index contributed by atoms with van der Waals surface area (Å²) in [5, 5.41) is 0. The highest BCUT2D eigenvalue weighted by molar-refractivity contribution is 7.89. The number of rotatable bonds is 3. The predicted octanol–water partition coefficient (Wildman–Crippen LogP) is 4.02. The third-order valence-corrected chi connectivity index (χ3v) is 8.95. The molecule has 0 radical (unpaired) electrons. The number of amides is 1. The molecule has 1 aromatic heterocycles. The molecule has 8 heteroatoms. The minimum absolute atomic E-state index is 0.219. The van der Waals surface area contributed by atoms with Crippen molar-refractivity contribution in [3.05, 3.63) is 57.9 Å². The lowest BCUT2D eigenvalue weighted by Crippen LogP contribution is -2.39. The maximum Gasteiger partial charge on any atom is 0.279 e. The standard InChI is InChI=1S/C23H27N3O3S2/c1-15-6-5-11-26(14-15)31(28,29)19-9-7-18(8-10-19)22(27)24-23-25(4)20-12-16(2)17(3)13-21(20)30-23/h7-10,12-13,15H,5-6,11,14H2,1-4H3. The number of piperidine rings is 1. The van der Waals surface area contributed by atoms with Gasteiger partial charge in [-0.2, -0.15) is 9.30 Å². The number of thiazole rings is 1. The van der Waals surface area contributed by atoms with Gasteiger partial charge in [-0.3, -0.25) is 4.79 Å². The van der Waals surface area contributed by atoms with E-state index in [0.717, 1.165) is 23.1 Å². The molecule has 4 rings (SSSR count). The number of carbonyl (C=O) groups excluding carboxylic acids is 1. The molecule has 2 aromatic carbocycles. The average Bonchev–Trinajstić information content (AvgIpc) is 3.03. The van der Waals surface area contributed by atoms with Crippen molar-refractivity contribution >= 4 is 37.5 Å². The number of benzene rings is 2. The zero-order chi connectivity index (χ0) is 22.3. The van der Waals surface area contributed by atoms with Crippen LogP contribution in [0.3, 0.4) is 0 Å². The third kappa shape index (κ3) is 4.24. The molecule has 2 heterocycles. The van der Waals surface area contributed by atoms with Crippen LogP contribution in [-0.4, -0.2) is 36.3 Å². The summed E-state index contributed by atoms with van der Waals surface area (Å²) < 4.78 is 30.4. The molecule has 164 valence electrons. The summed E-state index contributed by atoms with van der Waals surface area (Å²) in [5.74, 6) is -0.0241. The number of sulfonamides is 1. The molecule has 31 heavy (non-hydrogen) atoms. The van der Waals surface area contributed by atoms with E-state index < -0.39 is 10.0 Å². The monoisotopic (exact) mass is 457 g/mol. The summed E-state index contributed by atoms with van der Waals surface area (Å²) in [6, 6.07) is 10.3. The molecule has 0 saturated carbocycles. The Kier molecular flexibility index (Phi) is 5.89. The minimum atomic E-state index is -3.54. The van der Waals surface area contributed by atoms with E-state index in [9.17, 15) is 13.2 Å². The number of hydrogen-bond donors (Lipinski definition) is 0. The Morgan fingerprint density at radius 3 is 2.48 bits per heavy atom. The van der Waals surface area contributed by atoms with Crippen molar-refractivity contribution < 1.29 is 13.2 Å². The Bertz CT molecular complexity index is 1320. The maximum absolute atomic E-state index is 12.9. The topological polar surface area (TPSA) is 71.7 Å². The van der Waals surface area contributed by atoms with Crippen LogP contribution in [0, 0.1) is 19.8 Å². The van der Waals surface area contributed by atoms with E-state index in [1.54, 1.807) is 16.4 Å². The lowest BCUT2D eigenvalue weighted by Gasteiger charge is -2.30. The van der Waals surface area contributed by atoms with Gasteiger partial charge in [-0.1, -0.05) is 18.3 Å². The minimum Gasteiger partial charge on any atom is -0.319 e. The van der Waals surface area contributed by atoms with Gasteiger partial charge in [0.15, 0.2) is 4.80 Å². The van der Waals surface area contributed by atoms with Crippen molar-refractivity contribution in [2.75, 3.05) is 13.1 Å². The van der Waals surface area contributed by atoms with Crippen molar-refractivity contribution in [3.63, 3.8) is 0 Å². The summed E-state index contributed by atoms with van der Waals surface area (Å²) in [6.07, 6.45) is 1.93. The van der Waals surface area contributed by atoms with Gasteiger partial charge in [0.25, 0.3) is 5.91 Å². The highest BCUT2D eigenvalue weighted by Crippen LogP contribution is 2.24. The van der Waals surface area contributed by atoms with Crippen LogP contribution in [0.2, 0.25) is 0 Å². The molecule has 1 aliphatic heterocycles. The smallest absolute Gasteiger partial charge is 0.279 e. The fourth-order valence-electron chi connectivity index (χ4n) is 3.92. The van der Waals surface area contributed by atoms with E-state index in [2.05, 4.69) is 37.9 Å². The summed E-state index contributed by atoms with van der Waals surface area (Å²) in [6.45, 7) is 7.29. The molecular formula is C23H27N3O3S2. The van der Waals surface area contributed by atoms with E-state index in [1.807, 2.05) is 11.6 Å². The Hall–Kier alpha value is -2.29. The van der Waals surface area contributed by atoms with Gasteiger partial charge >= 0.3 is 0 Å². The fourth-order valence-corrected chi connectivity index (χ4v) is 6.62. The maximum atomic E-state index is 12.9. The number of carbonyl (C=O) groups is 1. The van der Waals surface area contributed by atoms with E-state index in [4.69, 9.17) is 0 Å². The number of aryl methyl sites for hydroxylation is 3. The second kappa shape index (κ2) is 8.33. The van der Waals surface area contributed by atoms with Gasteiger partial charge < -0.3 is 4.57 Å². The van der Waals surface area contributed by atoms with Crippen LogP contribution in [0.25, 0.3) is 10.2 Å². The Balaban J connectivity index is 1.62. The van der Waals surface area contributed by atoms with E-state index in [0.29, 0.717) is 29.4 Å². The fraction of sp³-hybridized carbons (Fsp3) is 0.391. The Labute approximate surface area is 186 Å². The lowest BCUT2D eigenvalue weighted by molar-refractivity contribution is 0.0998. The van der Waals surface area contributed by atoms with Crippen LogP contribution in [0.5, 0.6) is 0 Å². The molecule has 6 nitrogen and oxygen atoms in total. The summed E-state index contributed by atoms with van der Waals surface area (Å²) >= 11 is 1.47. The first kappa shape index (κ1) is 21.9. The molecule has 1 fully saturated rings. The van der Waals surface area contributed by atoms with Crippen LogP contribution in [0.1, 0.15) is 41.3 Å². The number of aromatic nitrogens is 1. The first-order valence-electron chi connectivity index (χ1n) is 10.4. The lowest BCUT2D eigenvalue weighted by atomic mass is 10.0. The number of nitrogens with zero attached hydrogens (tertiary/aromatic N) is 3. The predicted molar refractivity (Wildman–Crippen MR) is 124 cm³/mol. The number of fused-ring (bicyclic) bond motifs is 1. The zero-order valence-electron chi connectivity index (χ0n) is 18.3. The van der Waals surface area contributed by atoms with Crippen LogP contribution < -0.4 is 4.80 Å².